The van der Waals surface area contributed by atoms with Crippen molar-refractivity contribution >= 4 is 11.6 Å². The number of rotatable bonds is 6. The minimum Gasteiger partial charge on any atom is -0.330 e. The fourth-order valence-corrected chi connectivity index (χ4v) is 2.18. The summed E-state index contributed by atoms with van der Waals surface area (Å²) in [6, 6.07) is 6.02. The van der Waals surface area contributed by atoms with Gasteiger partial charge >= 0.3 is 0 Å². The van der Waals surface area contributed by atoms with Gasteiger partial charge in [0.15, 0.2) is 0 Å². The smallest absolute Gasteiger partial charge is 0.224 e. The summed E-state index contributed by atoms with van der Waals surface area (Å²) in [5, 5.41) is 3.01. The first-order chi connectivity index (χ1) is 8.58. The van der Waals surface area contributed by atoms with Gasteiger partial charge in [-0.05, 0) is 43.9 Å². The molecule has 1 aromatic rings. The maximum absolute atomic E-state index is 12.0. The van der Waals surface area contributed by atoms with Crippen molar-refractivity contribution in [3.63, 3.8) is 0 Å². The molecule has 18 heavy (non-hydrogen) atoms. The highest BCUT2D eigenvalue weighted by Crippen LogP contribution is 2.20. The zero-order chi connectivity index (χ0) is 13.5. The highest BCUT2D eigenvalue weighted by Gasteiger charge is 2.13. The maximum atomic E-state index is 12.0. The number of benzene rings is 1. The molecule has 0 saturated carbocycles. The molecule has 0 aliphatic carbocycles. The van der Waals surface area contributed by atoms with E-state index in [4.69, 9.17) is 5.73 Å². The topological polar surface area (TPSA) is 55.1 Å². The Kier molecular flexibility index (Phi) is 5.86. The zero-order valence-electron chi connectivity index (χ0n) is 11.6. The lowest BCUT2D eigenvalue weighted by molar-refractivity contribution is -0.117. The Hall–Kier alpha value is -1.35. The number of nitrogens with one attached hydrogen (secondary N) is 1. The van der Waals surface area contributed by atoms with Gasteiger partial charge in [-0.15, -0.1) is 0 Å². The summed E-state index contributed by atoms with van der Waals surface area (Å²) in [6.45, 7) is 6.71. The van der Waals surface area contributed by atoms with Crippen molar-refractivity contribution in [1.82, 2.24) is 0 Å². The van der Waals surface area contributed by atoms with Crippen LogP contribution in [0, 0.1) is 19.8 Å². The van der Waals surface area contributed by atoms with E-state index < -0.39 is 0 Å². The van der Waals surface area contributed by atoms with Crippen LogP contribution in [0.15, 0.2) is 18.2 Å². The number of hydrogen-bond donors (Lipinski definition) is 2. The van der Waals surface area contributed by atoms with E-state index in [1.165, 1.54) is 0 Å². The normalized spacial score (nSPS) is 12.2. The third-order valence-electron chi connectivity index (χ3n) is 3.25. The molecule has 1 unspecified atom stereocenters. The van der Waals surface area contributed by atoms with Crippen LogP contribution in [0.3, 0.4) is 0 Å². The average Bonchev–Trinajstić information content (AvgIpc) is 2.33. The van der Waals surface area contributed by atoms with Crippen LogP contribution in [0.5, 0.6) is 0 Å². The summed E-state index contributed by atoms with van der Waals surface area (Å²) in [4.78, 5) is 12.0. The van der Waals surface area contributed by atoms with E-state index in [0.717, 1.165) is 29.7 Å². The number of para-hydroxylation sites is 1. The van der Waals surface area contributed by atoms with Gasteiger partial charge in [-0.3, -0.25) is 4.79 Å². The molecule has 3 N–H and O–H groups in total. The Morgan fingerprint density at radius 1 is 1.33 bits per heavy atom. The molecule has 1 rings (SSSR count). The van der Waals surface area contributed by atoms with Crippen molar-refractivity contribution in [3.05, 3.63) is 29.3 Å². The second-order valence-corrected chi connectivity index (χ2v) is 4.91. The monoisotopic (exact) mass is 248 g/mol. The summed E-state index contributed by atoms with van der Waals surface area (Å²) >= 11 is 0. The van der Waals surface area contributed by atoms with Gasteiger partial charge < -0.3 is 11.1 Å². The third kappa shape index (κ3) is 4.15. The largest absolute Gasteiger partial charge is 0.330 e. The minimum atomic E-state index is 0.0660. The number of nitrogens with two attached hydrogens (primary N) is 1. The van der Waals surface area contributed by atoms with Crippen molar-refractivity contribution in [2.45, 2.75) is 40.0 Å². The highest BCUT2D eigenvalue weighted by atomic mass is 16.1. The van der Waals surface area contributed by atoms with Gasteiger partial charge in [0.1, 0.15) is 0 Å². The van der Waals surface area contributed by atoms with Crippen LogP contribution < -0.4 is 11.1 Å². The van der Waals surface area contributed by atoms with Crippen LogP contribution in [0.4, 0.5) is 5.69 Å². The maximum Gasteiger partial charge on any atom is 0.224 e. The molecule has 0 aromatic heterocycles. The first kappa shape index (κ1) is 14.7. The van der Waals surface area contributed by atoms with E-state index >= 15 is 0 Å². The van der Waals surface area contributed by atoms with Crippen molar-refractivity contribution in [2.24, 2.45) is 11.7 Å². The Labute approximate surface area is 110 Å². The molecule has 3 nitrogen and oxygen atoms in total. The van der Waals surface area contributed by atoms with E-state index in [2.05, 4.69) is 12.2 Å². The second kappa shape index (κ2) is 7.17. The number of carbonyl (C=O) groups is 1. The summed E-state index contributed by atoms with van der Waals surface area (Å²) in [5.74, 6) is 0.357. The van der Waals surface area contributed by atoms with Crippen molar-refractivity contribution in [3.8, 4) is 0 Å². The minimum absolute atomic E-state index is 0.0660. The van der Waals surface area contributed by atoms with E-state index in [1.54, 1.807) is 0 Å². The predicted molar refractivity (Wildman–Crippen MR) is 76.6 cm³/mol. The van der Waals surface area contributed by atoms with Gasteiger partial charge in [0.2, 0.25) is 5.91 Å². The Balaban J connectivity index is 2.64. The molecule has 0 bridgehead atoms. The lowest BCUT2D eigenvalue weighted by atomic mass is 9.99. The molecular weight excluding hydrogens is 224 g/mol. The molecule has 0 fully saturated rings. The second-order valence-electron chi connectivity index (χ2n) is 4.91. The molecule has 100 valence electrons. The van der Waals surface area contributed by atoms with Crippen LogP contribution in [0.2, 0.25) is 0 Å². The highest BCUT2D eigenvalue weighted by molar-refractivity contribution is 5.92. The van der Waals surface area contributed by atoms with Crippen LogP contribution >= 0.6 is 0 Å². The molecule has 0 heterocycles. The average molecular weight is 248 g/mol. The molecule has 0 saturated heterocycles. The first-order valence-electron chi connectivity index (χ1n) is 6.64. The number of anilines is 1. The van der Waals surface area contributed by atoms with Gasteiger partial charge in [0, 0.05) is 12.1 Å². The molecule has 1 atom stereocenters. The van der Waals surface area contributed by atoms with Crippen molar-refractivity contribution < 1.29 is 4.79 Å². The van der Waals surface area contributed by atoms with Gasteiger partial charge in [0.05, 0.1) is 0 Å². The number of carbonyl (C=O) groups excluding carboxylic acids is 1. The van der Waals surface area contributed by atoms with E-state index in [1.807, 2.05) is 32.0 Å². The molecule has 0 radical (unpaired) electrons. The Bertz CT molecular complexity index is 381. The van der Waals surface area contributed by atoms with Crippen molar-refractivity contribution in [1.29, 1.82) is 0 Å². The van der Waals surface area contributed by atoms with E-state index in [-0.39, 0.29) is 5.91 Å². The first-order valence-corrected chi connectivity index (χ1v) is 6.64. The van der Waals surface area contributed by atoms with Gasteiger partial charge in [-0.2, -0.15) is 0 Å². The number of aryl methyl sites for hydroxylation is 2. The quantitative estimate of drug-likeness (QED) is 0.813. The van der Waals surface area contributed by atoms with Crippen LogP contribution in [0.1, 0.15) is 37.3 Å². The molecule has 3 heteroatoms. The Morgan fingerprint density at radius 3 is 2.44 bits per heavy atom. The lowest BCUT2D eigenvalue weighted by Gasteiger charge is -2.15. The number of amides is 1. The summed E-state index contributed by atoms with van der Waals surface area (Å²) in [7, 11) is 0. The van der Waals surface area contributed by atoms with E-state index in [9.17, 15) is 4.79 Å². The molecule has 0 aliphatic heterocycles. The molecule has 1 aromatic carbocycles. The van der Waals surface area contributed by atoms with Crippen LogP contribution in [0.25, 0.3) is 0 Å². The van der Waals surface area contributed by atoms with E-state index in [0.29, 0.717) is 18.9 Å². The fraction of sp³-hybridized carbons (Fsp3) is 0.533. The third-order valence-corrected chi connectivity index (χ3v) is 3.25. The standard InChI is InChI=1S/C15H24N2O/c1-4-6-13(10-16)9-14(18)17-15-11(2)7-5-8-12(15)3/h5,7-8,13H,4,6,9-10,16H2,1-3H3,(H,17,18). The van der Waals surface area contributed by atoms with Gasteiger partial charge in [0.25, 0.3) is 0 Å². The van der Waals surface area contributed by atoms with Crippen LogP contribution in [-0.2, 0) is 4.79 Å². The van der Waals surface area contributed by atoms with Crippen LogP contribution in [-0.4, -0.2) is 12.5 Å². The van der Waals surface area contributed by atoms with Gasteiger partial charge in [-0.1, -0.05) is 31.5 Å². The lowest BCUT2D eigenvalue weighted by Crippen LogP contribution is -2.22. The predicted octanol–water partition coefficient (Wildman–Crippen LogP) is 3.01. The fourth-order valence-electron chi connectivity index (χ4n) is 2.18. The summed E-state index contributed by atoms with van der Waals surface area (Å²) in [5.41, 5.74) is 8.82. The summed E-state index contributed by atoms with van der Waals surface area (Å²) < 4.78 is 0. The molecule has 0 aliphatic rings. The SMILES string of the molecule is CCCC(CN)CC(=O)Nc1c(C)cccc1C. The van der Waals surface area contributed by atoms with Crippen molar-refractivity contribution in [2.75, 3.05) is 11.9 Å². The summed E-state index contributed by atoms with van der Waals surface area (Å²) in [6.07, 6.45) is 2.59. The van der Waals surface area contributed by atoms with Gasteiger partial charge in [-0.25, -0.2) is 0 Å². The zero-order valence-corrected chi connectivity index (χ0v) is 11.6. The number of hydrogen-bond acceptors (Lipinski definition) is 2. The molecule has 0 spiro atoms. The Morgan fingerprint density at radius 2 is 1.94 bits per heavy atom. The molecule has 1 amide bonds. The molecular formula is C15H24N2O.